The van der Waals surface area contributed by atoms with Crippen molar-refractivity contribution in [2.75, 3.05) is 11.5 Å². The smallest absolute Gasteiger partial charge is 0.267 e. The first-order valence-corrected chi connectivity index (χ1v) is 17.6. The molecular weight excluding hydrogens is 617 g/mol. The molecule has 15 heteroatoms. The quantitative estimate of drug-likeness (QED) is 0.184. The van der Waals surface area contributed by atoms with Gasteiger partial charge in [-0.25, -0.2) is 8.42 Å². The number of oxime groups is 2. The second kappa shape index (κ2) is 16.4. The number of benzene rings is 2. The van der Waals surface area contributed by atoms with Crippen molar-refractivity contribution in [3.05, 3.63) is 71.8 Å². The number of unbranched alkanes of at least 4 members (excludes halogenated alkanes) is 2. The van der Waals surface area contributed by atoms with Crippen LogP contribution in [0.25, 0.3) is 12.2 Å². The molecule has 43 heavy (non-hydrogen) atoms. The van der Waals surface area contributed by atoms with Crippen LogP contribution in [0.1, 0.15) is 50.7 Å². The monoisotopic (exact) mass is 646 g/mol. The molecule has 0 saturated carbocycles. The fourth-order valence-corrected chi connectivity index (χ4v) is 6.17. The van der Waals surface area contributed by atoms with Crippen LogP contribution < -0.4 is 0 Å². The third-order valence-electron chi connectivity index (χ3n) is 5.47. The van der Waals surface area contributed by atoms with E-state index < -0.39 is 30.1 Å². The highest BCUT2D eigenvalue weighted by Crippen LogP contribution is 2.22. The van der Waals surface area contributed by atoms with Crippen molar-refractivity contribution in [1.29, 1.82) is 10.5 Å². The first kappa shape index (κ1) is 34.9. The fraction of sp³-hybridized carbons (Fsp3) is 0.286. The zero-order valence-corrected chi connectivity index (χ0v) is 25.9. The molecule has 0 unspecified atom stereocenters. The highest BCUT2D eigenvalue weighted by atomic mass is 32.2. The molecule has 0 saturated heterocycles. The molecule has 0 aliphatic rings. The van der Waals surface area contributed by atoms with Crippen molar-refractivity contribution in [1.82, 2.24) is 0 Å². The van der Waals surface area contributed by atoms with Gasteiger partial charge in [-0.2, -0.15) is 27.4 Å². The fourth-order valence-electron chi connectivity index (χ4n) is 3.09. The van der Waals surface area contributed by atoms with Crippen LogP contribution in [0.15, 0.2) is 80.8 Å². The number of rotatable bonds is 16. The Hall–Kier alpha value is -4.31. The van der Waals surface area contributed by atoms with E-state index in [1.165, 1.54) is 72.8 Å². The Morgan fingerprint density at radius 3 is 1.33 bits per heavy atom. The molecule has 0 fully saturated rings. The summed E-state index contributed by atoms with van der Waals surface area (Å²) < 4.78 is 82.2. The van der Waals surface area contributed by atoms with Gasteiger partial charge in [0.05, 0.1) is 21.3 Å². The lowest BCUT2D eigenvalue weighted by Gasteiger charge is -2.06. The van der Waals surface area contributed by atoms with Crippen LogP contribution in [0.3, 0.4) is 0 Å². The van der Waals surface area contributed by atoms with Gasteiger partial charge in [-0.1, -0.05) is 73.4 Å². The minimum Gasteiger partial charge on any atom is -0.267 e. The van der Waals surface area contributed by atoms with E-state index in [4.69, 9.17) is 0 Å². The summed E-state index contributed by atoms with van der Waals surface area (Å²) in [7, 11) is -11.7. The highest BCUT2D eigenvalue weighted by Gasteiger charge is 2.17. The van der Waals surface area contributed by atoms with Gasteiger partial charge in [0.15, 0.2) is 11.4 Å². The van der Waals surface area contributed by atoms with Crippen molar-refractivity contribution < 1.29 is 33.8 Å². The molecule has 0 heterocycles. The van der Waals surface area contributed by atoms with Gasteiger partial charge in [0, 0.05) is 0 Å². The lowest BCUT2D eigenvalue weighted by Crippen LogP contribution is -2.08. The topological polar surface area (TPSA) is 193 Å². The molecule has 0 bridgehead atoms. The van der Waals surface area contributed by atoms with Crippen molar-refractivity contribution in [3.63, 3.8) is 0 Å². The minimum absolute atomic E-state index is 0.00722. The molecular formula is C28H30N4O8S3. The van der Waals surface area contributed by atoms with Crippen molar-refractivity contribution in [3.8, 4) is 12.1 Å². The van der Waals surface area contributed by atoms with E-state index in [0.717, 1.165) is 0 Å². The zero-order chi connectivity index (χ0) is 31.9. The molecule has 0 aliphatic carbocycles. The summed E-state index contributed by atoms with van der Waals surface area (Å²) in [6, 6.07) is 15.0. The molecule has 0 aromatic heterocycles. The maximum atomic E-state index is 13.1. The van der Waals surface area contributed by atoms with E-state index in [2.05, 4.69) is 18.9 Å². The van der Waals surface area contributed by atoms with Crippen LogP contribution in [0, 0.1) is 22.7 Å². The Kier molecular flexibility index (Phi) is 13.3. The Balaban J connectivity index is 2.11. The molecule has 0 aliphatic heterocycles. The second-order valence-electron chi connectivity index (χ2n) is 8.86. The summed E-state index contributed by atoms with van der Waals surface area (Å²) in [5, 5.41) is 25.1. The average molecular weight is 647 g/mol. The summed E-state index contributed by atoms with van der Waals surface area (Å²) in [6.07, 6.45) is 7.48. The molecule has 2 aromatic rings. The van der Waals surface area contributed by atoms with Gasteiger partial charge in [0.1, 0.15) is 12.1 Å². The SMILES string of the molecule is CCCCS(=O)(=O)ON=C(C#N)C=Cc1ccc(S(=O)(=O)c2ccc(C=CC(C#N)=NOS(=O)(=O)CCCC)cc2)cc1. The molecule has 0 atom stereocenters. The van der Waals surface area contributed by atoms with E-state index in [1.54, 1.807) is 12.1 Å². The van der Waals surface area contributed by atoms with E-state index in [0.29, 0.717) is 36.8 Å². The van der Waals surface area contributed by atoms with E-state index in [-0.39, 0.29) is 32.7 Å². The van der Waals surface area contributed by atoms with E-state index in [1.807, 2.05) is 13.8 Å². The van der Waals surface area contributed by atoms with E-state index >= 15 is 0 Å². The molecule has 0 N–H and O–H groups in total. The zero-order valence-electron chi connectivity index (χ0n) is 23.5. The molecule has 2 aromatic carbocycles. The first-order chi connectivity index (χ1) is 20.4. The van der Waals surface area contributed by atoms with Crippen LogP contribution in [0.2, 0.25) is 0 Å². The highest BCUT2D eigenvalue weighted by molar-refractivity contribution is 7.91. The maximum Gasteiger partial charge on any atom is 0.328 e. The molecule has 0 radical (unpaired) electrons. The second-order valence-corrected chi connectivity index (χ2v) is 14.2. The van der Waals surface area contributed by atoms with Gasteiger partial charge in [-0.3, -0.25) is 8.57 Å². The van der Waals surface area contributed by atoms with Crippen molar-refractivity contribution in [2.24, 2.45) is 10.3 Å². The molecule has 0 amide bonds. The number of hydrogen-bond acceptors (Lipinski definition) is 12. The third-order valence-corrected chi connectivity index (χ3v) is 9.44. The van der Waals surface area contributed by atoms with Crippen LogP contribution in [-0.2, 0) is 38.6 Å². The summed E-state index contributed by atoms with van der Waals surface area (Å²) in [5.74, 6) is -0.435. The molecule has 2 rings (SSSR count). The van der Waals surface area contributed by atoms with Gasteiger partial charge in [0.2, 0.25) is 9.84 Å². The van der Waals surface area contributed by atoms with Crippen molar-refractivity contribution >= 4 is 53.6 Å². The third kappa shape index (κ3) is 11.8. The molecule has 12 nitrogen and oxygen atoms in total. The molecule has 228 valence electrons. The Labute approximate surface area is 252 Å². The van der Waals surface area contributed by atoms with Crippen molar-refractivity contribution in [2.45, 2.75) is 49.3 Å². The lowest BCUT2D eigenvalue weighted by atomic mass is 10.2. The number of allylic oxidation sites excluding steroid dienone is 2. The van der Waals surface area contributed by atoms with Gasteiger partial charge >= 0.3 is 20.2 Å². The predicted molar refractivity (Wildman–Crippen MR) is 162 cm³/mol. The van der Waals surface area contributed by atoms with Gasteiger partial charge in [-0.05, 0) is 60.4 Å². The summed E-state index contributed by atoms with van der Waals surface area (Å²) in [4.78, 5) is 0.0144. The number of nitriles is 2. The summed E-state index contributed by atoms with van der Waals surface area (Å²) >= 11 is 0. The maximum absolute atomic E-state index is 13.1. The average Bonchev–Trinajstić information content (AvgIpc) is 2.99. The van der Waals surface area contributed by atoms with Gasteiger partial charge in [-0.15, -0.1) is 0 Å². The lowest BCUT2D eigenvalue weighted by molar-refractivity contribution is 0.338. The predicted octanol–water partition coefficient (Wildman–Crippen LogP) is 4.60. The Bertz CT molecular complexity index is 1650. The standard InChI is InChI=1S/C28H30N4O8S3/c1-3-5-19-41(33,34)39-31-25(21-29)13-7-23-9-15-27(16-10-23)43(37,38)28-17-11-24(12-18-28)8-14-26(22-30)32-40-42(35,36)20-6-4-2/h7-18H,3-6,19-20H2,1-2H3. The molecule has 0 spiro atoms. The van der Waals surface area contributed by atoms with Gasteiger partial charge < -0.3 is 0 Å². The van der Waals surface area contributed by atoms with Crippen LogP contribution in [0.5, 0.6) is 0 Å². The minimum atomic E-state index is -3.89. The first-order valence-electron chi connectivity index (χ1n) is 13.0. The Morgan fingerprint density at radius 2 is 1.02 bits per heavy atom. The van der Waals surface area contributed by atoms with Gasteiger partial charge in [0.25, 0.3) is 0 Å². The summed E-state index contributed by atoms with van der Waals surface area (Å²) in [5.41, 5.74) is 0.467. The largest absolute Gasteiger partial charge is 0.328 e. The number of sulfone groups is 1. The van der Waals surface area contributed by atoms with E-state index in [9.17, 15) is 35.8 Å². The van der Waals surface area contributed by atoms with Crippen LogP contribution in [-0.4, -0.2) is 48.2 Å². The number of nitrogens with zero attached hydrogens (tertiary/aromatic N) is 4. The summed E-state index contributed by atoms with van der Waals surface area (Å²) in [6.45, 7) is 3.65. The van der Waals surface area contributed by atoms with Crippen LogP contribution in [0.4, 0.5) is 0 Å². The normalized spacial score (nSPS) is 13.1. The number of hydrogen-bond donors (Lipinski definition) is 0. The Morgan fingerprint density at radius 1 is 0.674 bits per heavy atom. The van der Waals surface area contributed by atoms with Crippen LogP contribution >= 0.6 is 0 Å².